The highest BCUT2D eigenvalue weighted by Crippen LogP contribution is 2.11. The molecule has 0 spiro atoms. The first-order valence-corrected chi connectivity index (χ1v) is 7.86. The van der Waals surface area contributed by atoms with E-state index in [-0.39, 0.29) is 30.3 Å². The van der Waals surface area contributed by atoms with Crippen molar-refractivity contribution in [3.63, 3.8) is 0 Å². The van der Waals surface area contributed by atoms with Crippen molar-refractivity contribution in [2.45, 2.75) is 52.5 Å². The van der Waals surface area contributed by atoms with Gasteiger partial charge in [0.2, 0.25) is 5.91 Å². The standard InChI is InChI=1S/C14H25N3OS.ClH/c1-4-10(2)13(15)14(18)16-8-6-5-7-12-17-11(3)9-19-12;/h9-10,13H,4-8,15H2,1-3H3,(H,16,18);1H. The van der Waals surface area contributed by atoms with E-state index in [1.165, 1.54) is 5.01 Å². The molecule has 2 atom stereocenters. The van der Waals surface area contributed by atoms with Crippen LogP contribution in [0.1, 0.15) is 43.8 Å². The molecule has 0 saturated carbocycles. The summed E-state index contributed by atoms with van der Waals surface area (Å²) in [6, 6.07) is -0.383. The first-order valence-electron chi connectivity index (χ1n) is 6.98. The largest absolute Gasteiger partial charge is 0.355 e. The molecule has 1 aromatic rings. The van der Waals surface area contributed by atoms with Gasteiger partial charge in [-0.15, -0.1) is 23.7 Å². The third kappa shape index (κ3) is 6.68. The average Bonchev–Trinajstić information content (AvgIpc) is 2.82. The minimum Gasteiger partial charge on any atom is -0.355 e. The number of hydrogen-bond donors (Lipinski definition) is 2. The number of halogens is 1. The van der Waals surface area contributed by atoms with Crippen molar-refractivity contribution in [3.05, 3.63) is 16.1 Å². The second-order valence-electron chi connectivity index (χ2n) is 5.04. The Bertz CT molecular complexity index is 398. The van der Waals surface area contributed by atoms with Gasteiger partial charge in [0, 0.05) is 17.6 Å². The summed E-state index contributed by atoms with van der Waals surface area (Å²) in [4.78, 5) is 16.2. The van der Waals surface area contributed by atoms with E-state index in [0.29, 0.717) is 6.54 Å². The molecule has 0 bridgehead atoms. The Morgan fingerprint density at radius 3 is 2.75 bits per heavy atom. The average molecular weight is 320 g/mol. The van der Waals surface area contributed by atoms with Crippen molar-refractivity contribution >= 4 is 29.7 Å². The number of nitrogens with zero attached hydrogens (tertiary/aromatic N) is 1. The van der Waals surface area contributed by atoms with E-state index in [9.17, 15) is 4.79 Å². The third-order valence-electron chi connectivity index (χ3n) is 3.34. The fourth-order valence-electron chi connectivity index (χ4n) is 1.76. The topological polar surface area (TPSA) is 68.0 Å². The van der Waals surface area contributed by atoms with Crippen molar-refractivity contribution in [2.24, 2.45) is 11.7 Å². The van der Waals surface area contributed by atoms with Crippen LogP contribution in [0.25, 0.3) is 0 Å². The number of thiazole rings is 1. The molecule has 4 nitrogen and oxygen atoms in total. The lowest BCUT2D eigenvalue weighted by atomic mass is 9.99. The van der Waals surface area contributed by atoms with Crippen molar-refractivity contribution in [3.8, 4) is 0 Å². The van der Waals surface area contributed by atoms with Crippen molar-refractivity contribution < 1.29 is 4.79 Å². The highest BCUT2D eigenvalue weighted by atomic mass is 35.5. The van der Waals surface area contributed by atoms with Gasteiger partial charge in [-0.3, -0.25) is 4.79 Å². The zero-order chi connectivity index (χ0) is 14.3. The van der Waals surface area contributed by atoms with Gasteiger partial charge in [-0.1, -0.05) is 20.3 Å². The first-order chi connectivity index (χ1) is 9.04. The second-order valence-corrected chi connectivity index (χ2v) is 5.98. The smallest absolute Gasteiger partial charge is 0.237 e. The highest BCUT2D eigenvalue weighted by Gasteiger charge is 2.18. The van der Waals surface area contributed by atoms with Crippen LogP contribution in [0, 0.1) is 12.8 Å². The van der Waals surface area contributed by atoms with Crippen LogP contribution in [0.4, 0.5) is 0 Å². The summed E-state index contributed by atoms with van der Waals surface area (Å²) in [5.41, 5.74) is 6.95. The predicted molar refractivity (Wildman–Crippen MR) is 87.5 cm³/mol. The van der Waals surface area contributed by atoms with Crippen LogP contribution in [-0.4, -0.2) is 23.5 Å². The van der Waals surface area contributed by atoms with E-state index in [1.54, 1.807) is 11.3 Å². The van der Waals surface area contributed by atoms with Crippen LogP contribution in [-0.2, 0) is 11.2 Å². The minimum absolute atomic E-state index is 0. The summed E-state index contributed by atoms with van der Waals surface area (Å²) < 4.78 is 0. The lowest BCUT2D eigenvalue weighted by Gasteiger charge is -2.17. The predicted octanol–water partition coefficient (Wildman–Crippen LogP) is 2.69. The lowest BCUT2D eigenvalue weighted by molar-refractivity contribution is -0.123. The van der Waals surface area contributed by atoms with Crippen LogP contribution in [0.3, 0.4) is 0 Å². The van der Waals surface area contributed by atoms with Gasteiger partial charge in [-0.2, -0.15) is 0 Å². The molecule has 6 heteroatoms. The fourth-order valence-corrected chi connectivity index (χ4v) is 2.58. The third-order valence-corrected chi connectivity index (χ3v) is 4.37. The highest BCUT2D eigenvalue weighted by molar-refractivity contribution is 7.09. The fraction of sp³-hybridized carbons (Fsp3) is 0.714. The Hall–Kier alpha value is -0.650. The maximum atomic E-state index is 11.7. The van der Waals surface area contributed by atoms with Crippen LogP contribution in [0.2, 0.25) is 0 Å². The number of nitrogens with one attached hydrogen (secondary N) is 1. The van der Waals surface area contributed by atoms with Crippen molar-refractivity contribution in [1.82, 2.24) is 10.3 Å². The molecule has 20 heavy (non-hydrogen) atoms. The summed E-state index contributed by atoms with van der Waals surface area (Å²) in [7, 11) is 0. The number of hydrogen-bond acceptors (Lipinski definition) is 4. The molecule has 0 saturated heterocycles. The molecule has 1 aromatic heterocycles. The Balaban J connectivity index is 0.00000361. The molecule has 0 aliphatic carbocycles. The number of carbonyl (C=O) groups excluding carboxylic acids is 1. The van der Waals surface area contributed by atoms with E-state index in [2.05, 4.69) is 15.7 Å². The molecule has 0 fully saturated rings. The molecule has 1 rings (SSSR count). The number of carbonyl (C=O) groups is 1. The van der Waals surface area contributed by atoms with Crippen LogP contribution < -0.4 is 11.1 Å². The van der Waals surface area contributed by atoms with E-state index in [4.69, 9.17) is 5.73 Å². The summed E-state index contributed by atoms with van der Waals surface area (Å²) in [5, 5.41) is 6.16. The molecule has 3 N–H and O–H groups in total. The maximum absolute atomic E-state index is 11.7. The first kappa shape index (κ1) is 19.4. The summed E-state index contributed by atoms with van der Waals surface area (Å²) in [6.07, 6.45) is 3.94. The van der Waals surface area contributed by atoms with Crippen LogP contribution >= 0.6 is 23.7 Å². The molecule has 116 valence electrons. The van der Waals surface area contributed by atoms with Crippen LogP contribution in [0.15, 0.2) is 5.38 Å². The Morgan fingerprint density at radius 2 is 2.20 bits per heavy atom. The minimum atomic E-state index is -0.383. The molecular formula is C14H26ClN3OS. The molecule has 0 aromatic carbocycles. The number of nitrogens with two attached hydrogens (primary N) is 1. The van der Waals surface area contributed by atoms with Gasteiger partial charge in [0.25, 0.3) is 0 Å². The number of unbranched alkanes of at least 4 members (excludes halogenated alkanes) is 1. The summed E-state index contributed by atoms with van der Waals surface area (Å²) in [6.45, 7) is 6.77. The van der Waals surface area contributed by atoms with Gasteiger partial charge in [0.05, 0.1) is 11.0 Å². The normalized spacial score (nSPS) is 13.4. The molecule has 2 unspecified atom stereocenters. The zero-order valence-electron chi connectivity index (χ0n) is 12.5. The van der Waals surface area contributed by atoms with Gasteiger partial charge in [-0.25, -0.2) is 4.98 Å². The van der Waals surface area contributed by atoms with Crippen LogP contribution in [0.5, 0.6) is 0 Å². The quantitative estimate of drug-likeness (QED) is 0.724. The molecule has 1 amide bonds. The molecule has 0 aliphatic heterocycles. The Kier molecular flexibility index (Phi) is 9.80. The van der Waals surface area contributed by atoms with Gasteiger partial charge in [0.1, 0.15) is 0 Å². The number of amides is 1. The van der Waals surface area contributed by atoms with E-state index in [1.807, 2.05) is 20.8 Å². The Labute approximate surface area is 132 Å². The van der Waals surface area contributed by atoms with Gasteiger partial charge in [0.15, 0.2) is 0 Å². The van der Waals surface area contributed by atoms with E-state index >= 15 is 0 Å². The van der Waals surface area contributed by atoms with E-state index in [0.717, 1.165) is 31.4 Å². The molecule has 0 aliphatic rings. The summed E-state index contributed by atoms with van der Waals surface area (Å²) in [5.74, 6) is 0.206. The van der Waals surface area contributed by atoms with Crippen molar-refractivity contribution in [2.75, 3.05) is 6.54 Å². The number of aryl methyl sites for hydroxylation is 2. The van der Waals surface area contributed by atoms with Crippen molar-refractivity contribution in [1.29, 1.82) is 0 Å². The van der Waals surface area contributed by atoms with E-state index < -0.39 is 0 Å². The SMILES string of the molecule is CCC(C)C(N)C(=O)NCCCCc1nc(C)cs1.Cl. The Morgan fingerprint density at radius 1 is 1.50 bits per heavy atom. The molecule has 0 radical (unpaired) electrons. The van der Waals surface area contributed by atoms with Gasteiger partial charge in [-0.05, 0) is 32.1 Å². The second kappa shape index (κ2) is 10.1. The van der Waals surface area contributed by atoms with Gasteiger partial charge < -0.3 is 11.1 Å². The maximum Gasteiger partial charge on any atom is 0.237 e. The monoisotopic (exact) mass is 319 g/mol. The molecule has 1 heterocycles. The van der Waals surface area contributed by atoms with Gasteiger partial charge >= 0.3 is 0 Å². The summed E-state index contributed by atoms with van der Waals surface area (Å²) >= 11 is 1.71. The molecular weight excluding hydrogens is 294 g/mol. The zero-order valence-corrected chi connectivity index (χ0v) is 14.1. The number of rotatable bonds is 8. The lowest BCUT2D eigenvalue weighted by Crippen LogP contribution is -2.44. The number of aromatic nitrogens is 1.